The second-order valence-electron chi connectivity index (χ2n) is 11.8. The molecule has 5 aromatic rings. The molecule has 0 radical (unpaired) electrons. The first-order valence-corrected chi connectivity index (χ1v) is 14.7. The molecule has 7 nitrogen and oxygen atoms in total. The van der Waals surface area contributed by atoms with Crippen molar-refractivity contribution in [2.24, 2.45) is 5.92 Å². The van der Waals surface area contributed by atoms with Crippen molar-refractivity contribution in [2.45, 2.75) is 31.2 Å². The molecule has 3 heterocycles. The summed E-state index contributed by atoms with van der Waals surface area (Å²) in [6, 6.07) is 22.3. The van der Waals surface area contributed by atoms with Crippen molar-refractivity contribution in [3.05, 3.63) is 108 Å². The van der Waals surface area contributed by atoms with Crippen LogP contribution >= 0.6 is 0 Å². The highest BCUT2D eigenvalue weighted by Crippen LogP contribution is 2.47. The molecule has 1 saturated carbocycles. The topological polar surface area (TPSA) is 101 Å². The number of amides is 2. The second-order valence-corrected chi connectivity index (χ2v) is 11.8. The second kappa shape index (κ2) is 11.1. The monoisotopic (exact) mass is 610 g/mol. The molecule has 2 fully saturated rings. The molecule has 3 N–H and O–H groups in total. The van der Waals surface area contributed by atoms with Crippen LogP contribution < -0.4 is 11.1 Å². The van der Waals surface area contributed by atoms with Gasteiger partial charge in [0.1, 0.15) is 23.0 Å². The van der Waals surface area contributed by atoms with Gasteiger partial charge in [-0.15, -0.1) is 0 Å². The van der Waals surface area contributed by atoms with Gasteiger partial charge in [0.2, 0.25) is 5.91 Å². The van der Waals surface area contributed by atoms with Gasteiger partial charge in [-0.25, -0.2) is 18.2 Å². The number of nitrogens with two attached hydrogens (primary N) is 1. The highest BCUT2D eigenvalue weighted by Gasteiger charge is 2.44. The third-order valence-corrected chi connectivity index (χ3v) is 8.55. The minimum atomic E-state index is -2.86. The fourth-order valence-corrected chi connectivity index (χ4v) is 6.00. The van der Waals surface area contributed by atoms with E-state index in [-0.39, 0.29) is 43.1 Å². The number of fused-ring (bicyclic) bond motifs is 1. The molecule has 1 saturated heterocycles. The van der Waals surface area contributed by atoms with Crippen LogP contribution in [0.5, 0.6) is 0 Å². The standard InChI is InChI=1S/C35H29F3N4O3/c36-26-8-5-21(6-9-26)29-15-24(20-1-3-22(4-2-20)34(44)42-12-11-35(37,38)19-42)13-25-14-27(45-32(25)29)18-41-33(43)30-16-28(30)23-7-10-31(39)40-17-23/h1-10,13-15,17,28,30H,11-12,16,18-19H2,(H2,39,40)(H,41,43). The summed E-state index contributed by atoms with van der Waals surface area (Å²) < 4.78 is 47.3. The first-order chi connectivity index (χ1) is 21.6. The van der Waals surface area contributed by atoms with Gasteiger partial charge >= 0.3 is 0 Å². The maximum absolute atomic E-state index is 13.8. The van der Waals surface area contributed by atoms with E-state index in [2.05, 4.69) is 10.3 Å². The first kappa shape index (κ1) is 28.6. The number of rotatable bonds is 7. The molecule has 0 bridgehead atoms. The molecule has 1 aliphatic carbocycles. The molecule has 2 unspecified atom stereocenters. The number of anilines is 1. The van der Waals surface area contributed by atoms with Crippen LogP contribution in [0.2, 0.25) is 0 Å². The molecule has 2 amide bonds. The number of nitrogen functional groups attached to an aromatic ring is 1. The zero-order chi connectivity index (χ0) is 31.3. The van der Waals surface area contributed by atoms with Gasteiger partial charge in [-0.1, -0.05) is 30.3 Å². The van der Waals surface area contributed by atoms with Crippen LogP contribution in [0.3, 0.4) is 0 Å². The summed E-state index contributed by atoms with van der Waals surface area (Å²) in [6.45, 7) is -0.354. The van der Waals surface area contributed by atoms with Gasteiger partial charge in [-0.2, -0.15) is 0 Å². The van der Waals surface area contributed by atoms with E-state index in [1.54, 1.807) is 48.7 Å². The molecule has 10 heteroatoms. The van der Waals surface area contributed by atoms with E-state index in [0.29, 0.717) is 22.7 Å². The third-order valence-electron chi connectivity index (χ3n) is 8.55. The summed E-state index contributed by atoms with van der Waals surface area (Å²) in [5.41, 5.74) is 10.7. The van der Waals surface area contributed by atoms with Crippen molar-refractivity contribution in [1.29, 1.82) is 0 Å². The van der Waals surface area contributed by atoms with Gasteiger partial charge < -0.3 is 20.4 Å². The quantitative estimate of drug-likeness (QED) is 0.212. The van der Waals surface area contributed by atoms with Crippen molar-refractivity contribution >= 4 is 28.6 Å². The van der Waals surface area contributed by atoms with Gasteiger partial charge in [0.05, 0.1) is 13.1 Å². The maximum atomic E-state index is 13.8. The number of furan rings is 1. The average molecular weight is 611 g/mol. The Balaban J connectivity index is 1.13. The Morgan fingerprint density at radius 3 is 2.42 bits per heavy atom. The lowest BCUT2D eigenvalue weighted by Gasteiger charge is -2.16. The van der Waals surface area contributed by atoms with Crippen LogP contribution in [0.15, 0.2) is 89.5 Å². The largest absolute Gasteiger partial charge is 0.459 e. The Labute approximate surface area is 256 Å². The average Bonchev–Trinajstić information content (AvgIpc) is 3.60. The smallest absolute Gasteiger partial charge is 0.267 e. The number of halogens is 3. The Kier molecular flexibility index (Phi) is 7.07. The van der Waals surface area contributed by atoms with Crippen molar-refractivity contribution < 1.29 is 27.2 Å². The van der Waals surface area contributed by atoms with E-state index in [4.69, 9.17) is 10.2 Å². The lowest BCUT2D eigenvalue weighted by Crippen LogP contribution is -2.31. The summed E-state index contributed by atoms with van der Waals surface area (Å²) in [5.74, 6) is -2.74. The van der Waals surface area contributed by atoms with E-state index >= 15 is 0 Å². The third kappa shape index (κ3) is 5.87. The Hall–Kier alpha value is -5.12. The normalized spacial score (nSPS) is 18.7. The number of hydrogen-bond donors (Lipinski definition) is 2. The Morgan fingerprint density at radius 2 is 1.73 bits per heavy atom. The summed E-state index contributed by atoms with van der Waals surface area (Å²) >= 11 is 0. The van der Waals surface area contributed by atoms with Crippen molar-refractivity contribution in [2.75, 3.05) is 18.8 Å². The molecule has 45 heavy (non-hydrogen) atoms. The van der Waals surface area contributed by atoms with Crippen LogP contribution in [0, 0.1) is 11.7 Å². The molecule has 2 aliphatic rings. The first-order valence-electron chi connectivity index (χ1n) is 14.7. The zero-order valence-electron chi connectivity index (χ0n) is 24.1. The van der Waals surface area contributed by atoms with Crippen LogP contribution in [-0.4, -0.2) is 40.7 Å². The number of aromatic nitrogens is 1. The number of alkyl halides is 2. The minimum absolute atomic E-state index is 0.0237. The van der Waals surface area contributed by atoms with Crippen LogP contribution in [0.1, 0.15) is 40.4 Å². The maximum Gasteiger partial charge on any atom is 0.267 e. The summed E-state index contributed by atoms with van der Waals surface area (Å²) in [7, 11) is 0. The lowest BCUT2D eigenvalue weighted by molar-refractivity contribution is -0.122. The number of likely N-dealkylation sites (tertiary alicyclic amines) is 1. The highest BCUT2D eigenvalue weighted by atomic mass is 19.3. The van der Waals surface area contributed by atoms with E-state index < -0.39 is 18.4 Å². The van der Waals surface area contributed by atoms with Crippen LogP contribution in [0.4, 0.5) is 19.0 Å². The van der Waals surface area contributed by atoms with Crippen LogP contribution in [0.25, 0.3) is 33.2 Å². The van der Waals surface area contributed by atoms with Crippen molar-refractivity contribution in [1.82, 2.24) is 15.2 Å². The molecule has 2 atom stereocenters. The Morgan fingerprint density at radius 1 is 0.978 bits per heavy atom. The number of nitrogens with zero attached hydrogens (tertiary/aromatic N) is 2. The number of carbonyl (C=O) groups is 2. The zero-order valence-corrected chi connectivity index (χ0v) is 24.1. The van der Waals surface area contributed by atoms with E-state index in [0.717, 1.165) is 39.6 Å². The molecule has 3 aromatic carbocycles. The number of pyridine rings is 1. The number of benzene rings is 3. The number of carbonyl (C=O) groups excluding carboxylic acids is 2. The molecule has 7 rings (SSSR count). The molecule has 1 aliphatic heterocycles. The molecular formula is C35H29F3N4O3. The molecule has 228 valence electrons. The van der Waals surface area contributed by atoms with Crippen molar-refractivity contribution in [3.63, 3.8) is 0 Å². The fourth-order valence-electron chi connectivity index (χ4n) is 6.00. The van der Waals surface area contributed by atoms with Gasteiger partial charge in [-0.3, -0.25) is 9.59 Å². The summed E-state index contributed by atoms with van der Waals surface area (Å²) in [4.78, 5) is 31.0. The number of hydrogen-bond acceptors (Lipinski definition) is 5. The van der Waals surface area contributed by atoms with Crippen LogP contribution in [-0.2, 0) is 11.3 Å². The Bertz CT molecular complexity index is 1900. The lowest BCUT2D eigenvalue weighted by atomic mass is 9.96. The van der Waals surface area contributed by atoms with Gasteiger partial charge in [0, 0.05) is 41.6 Å². The predicted octanol–water partition coefficient (Wildman–Crippen LogP) is 6.78. The number of nitrogens with one attached hydrogen (secondary N) is 1. The minimum Gasteiger partial charge on any atom is -0.459 e. The van der Waals surface area contributed by atoms with Gasteiger partial charge in [-0.05, 0) is 83.1 Å². The molecular weight excluding hydrogens is 581 g/mol. The van der Waals surface area contributed by atoms with E-state index in [9.17, 15) is 22.8 Å². The van der Waals surface area contributed by atoms with Gasteiger partial charge in [0.25, 0.3) is 11.8 Å². The highest BCUT2D eigenvalue weighted by molar-refractivity contribution is 5.98. The SMILES string of the molecule is Nc1ccc(C2CC2C(=O)NCc2cc3cc(-c4ccc(C(=O)N5CCC(F)(F)C5)cc4)cc(-c4ccc(F)cc4)c3o2)cn1. The predicted molar refractivity (Wildman–Crippen MR) is 164 cm³/mol. The summed E-state index contributed by atoms with van der Waals surface area (Å²) in [6.07, 6.45) is 2.12. The van der Waals surface area contributed by atoms with Gasteiger partial charge in [0.15, 0.2) is 0 Å². The molecule has 2 aromatic heterocycles. The van der Waals surface area contributed by atoms with E-state index in [1.807, 2.05) is 24.3 Å². The fraction of sp³-hybridized carbons (Fsp3) is 0.229. The van der Waals surface area contributed by atoms with Crippen molar-refractivity contribution in [3.8, 4) is 22.3 Å². The molecule has 0 spiro atoms. The summed E-state index contributed by atoms with van der Waals surface area (Å²) in [5, 5.41) is 3.77. The van der Waals surface area contributed by atoms with E-state index in [1.165, 1.54) is 17.0 Å².